The lowest BCUT2D eigenvalue weighted by molar-refractivity contribution is 0.416. The zero-order valence-corrected chi connectivity index (χ0v) is 11.3. The standard InChI is InChI=1S/C15H16N4O/c1-20-13-6-3-2-5-11(13)14-12(7-8-16)15-17-9-4-10-19(15)18-14/h2-6,9-10H,7-8,16H2,1H3. The van der Waals surface area contributed by atoms with E-state index in [1.807, 2.05) is 36.5 Å². The first-order chi connectivity index (χ1) is 9.85. The largest absolute Gasteiger partial charge is 0.496 e. The van der Waals surface area contributed by atoms with Crippen molar-refractivity contribution in [1.29, 1.82) is 0 Å². The fourth-order valence-corrected chi connectivity index (χ4v) is 2.37. The Hall–Kier alpha value is -2.40. The highest BCUT2D eigenvalue weighted by Crippen LogP contribution is 2.32. The summed E-state index contributed by atoms with van der Waals surface area (Å²) < 4.78 is 7.21. The van der Waals surface area contributed by atoms with Gasteiger partial charge in [0.2, 0.25) is 0 Å². The van der Waals surface area contributed by atoms with Crippen LogP contribution in [0.3, 0.4) is 0 Å². The maximum Gasteiger partial charge on any atom is 0.158 e. The molecule has 2 aromatic heterocycles. The van der Waals surface area contributed by atoms with Crippen molar-refractivity contribution < 1.29 is 4.74 Å². The van der Waals surface area contributed by atoms with Gasteiger partial charge in [-0.2, -0.15) is 5.10 Å². The third-order valence-electron chi connectivity index (χ3n) is 3.25. The Morgan fingerprint density at radius 2 is 2.10 bits per heavy atom. The van der Waals surface area contributed by atoms with Crippen LogP contribution in [0.1, 0.15) is 5.56 Å². The first-order valence-electron chi connectivity index (χ1n) is 6.51. The number of methoxy groups -OCH3 is 1. The van der Waals surface area contributed by atoms with Crippen LogP contribution in [0.25, 0.3) is 16.9 Å². The molecule has 102 valence electrons. The molecule has 2 heterocycles. The van der Waals surface area contributed by atoms with E-state index in [0.29, 0.717) is 6.54 Å². The van der Waals surface area contributed by atoms with E-state index in [1.165, 1.54) is 0 Å². The first kappa shape index (κ1) is 12.6. The maximum absolute atomic E-state index is 5.73. The SMILES string of the molecule is COc1ccccc1-c1nn2cccnc2c1CCN. The van der Waals surface area contributed by atoms with Gasteiger partial charge >= 0.3 is 0 Å². The van der Waals surface area contributed by atoms with Crippen LogP contribution in [0.4, 0.5) is 0 Å². The molecule has 0 saturated carbocycles. The summed E-state index contributed by atoms with van der Waals surface area (Å²) in [4.78, 5) is 4.41. The van der Waals surface area contributed by atoms with E-state index in [9.17, 15) is 0 Å². The molecule has 1 aromatic carbocycles. The third-order valence-corrected chi connectivity index (χ3v) is 3.25. The van der Waals surface area contributed by atoms with Crippen molar-refractivity contribution in [1.82, 2.24) is 14.6 Å². The zero-order chi connectivity index (χ0) is 13.9. The predicted molar refractivity (Wildman–Crippen MR) is 77.7 cm³/mol. The van der Waals surface area contributed by atoms with E-state index in [1.54, 1.807) is 17.8 Å². The molecule has 0 atom stereocenters. The van der Waals surface area contributed by atoms with Crippen LogP contribution in [-0.2, 0) is 6.42 Å². The Balaban J connectivity index is 2.27. The number of rotatable bonds is 4. The quantitative estimate of drug-likeness (QED) is 0.785. The summed E-state index contributed by atoms with van der Waals surface area (Å²) >= 11 is 0. The van der Waals surface area contributed by atoms with Gasteiger partial charge in [0, 0.05) is 23.5 Å². The predicted octanol–water partition coefficient (Wildman–Crippen LogP) is 1.91. The van der Waals surface area contributed by atoms with E-state index >= 15 is 0 Å². The highest BCUT2D eigenvalue weighted by Gasteiger charge is 2.17. The molecule has 2 N–H and O–H groups in total. The van der Waals surface area contributed by atoms with Crippen molar-refractivity contribution in [2.75, 3.05) is 13.7 Å². The fourth-order valence-electron chi connectivity index (χ4n) is 2.37. The molecule has 3 aromatic rings. The van der Waals surface area contributed by atoms with Crippen molar-refractivity contribution in [2.45, 2.75) is 6.42 Å². The number of nitrogens with two attached hydrogens (primary N) is 1. The summed E-state index contributed by atoms with van der Waals surface area (Å²) in [6.45, 7) is 0.556. The van der Waals surface area contributed by atoms with Crippen molar-refractivity contribution in [3.63, 3.8) is 0 Å². The summed E-state index contributed by atoms with van der Waals surface area (Å²) in [6, 6.07) is 9.71. The van der Waals surface area contributed by atoms with Gasteiger partial charge in [0.05, 0.1) is 7.11 Å². The van der Waals surface area contributed by atoms with Crippen LogP contribution in [0.5, 0.6) is 5.75 Å². The van der Waals surface area contributed by atoms with E-state index in [2.05, 4.69) is 10.1 Å². The van der Waals surface area contributed by atoms with E-state index < -0.39 is 0 Å². The lowest BCUT2D eigenvalue weighted by atomic mass is 10.0. The fraction of sp³-hybridized carbons (Fsp3) is 0.200. The molecule has 5 nitrogen and oxygen atoms in total. The van der Waals surface area contributed by atoms with Gasteiger partial charge in [0.15, 0.2) is 5.65 Å². The van der Waals surface area contributed by atoms with Crippen molar-refractivity contribution in [2.24, 2.45) is 5.73 Å². The van der Waals surface area contributed by atoms with Crippen LogP contribution < -0.4 is 10.5 Å². The lowest BCUT2D eigenvalue weighted by Crippen LogP contribution is -2.04. The molecule has 3 rings (SSSR count). The van der Waals surface area contributed by atoms with Gasteiger partial charge < -0.3 is 10.5 Å². The number of fused-ring (bicyclic) bond motifs is 1. The van der Waals surface area contributed by atoms with Gasteiger partial charge in [-0.1, -0.05) is 12.1 Å². The van der Waals surface area contributed by atoms with Crippen molar-refractivity contribution in [3.05, 3.63) is 48.3 Å². The molecule has 0 aliphatic rings. The molecule has 0 radical (unpaired) electrons. The second kappa shape index (κ2) is 5.30. The van der Waals surface area contributed by atoms with Gasteiger partial charge in [-0.15, -0.1) is 0 Å². The van der Waals surface area contributed by atoms with E-state index in [0.717, 1.165) is 34.6 Å². The second-order valence-electron chi connectivity index (χ2n) is 4.45. The number of hydrogen-bond donors (Lipinski definition) is 1. The summed E-state index contributed by atoms with van der Waals surface area (Å²) in [7, 11) is 1.66. The topological polar surface area (TPSA) is 65.4 Å². The molecule has 0 unspecified atom stereocenters. The van der Waals surface area contributed by atoms with Crippen molar-refractivity contribution in [3.8, 4) is 17.0 Å². The zero-order valence-electron chi connectivity index (χ0n) is 11.3. The van der Waals surface area contributed by atoms with Gasteiger partial charge in [0.25, 0.3) is 0 Å². The molecule has 0 aliphatic carbocycles. The van der Waals surface area contributed by atoms with Gasteiger partial charge in [-0.05, 0) is 31.2 Å². The lowest BCUT2D eigenvalue weighted by Gasteiger charge is -2.07. The number of nitrogens with zero attached hydrogens (tertiary/aromatic N) is 3. The Bertz CT molecular complexity index is 736. The summed E-state index contributed by atoms with van der Waals surface area (Å²) in [5.41, 5.74) is 9.47. The number of aromatic nitrogens is 3. The minimum absolute atomic E-state index is 0.556. The van der Waals surface area contributed by atoms with Gasteiger partial charge in [0.1, 0.15) is 11.4 Å². The Labute approximate surface area is 117 Å². The molecule has 0 saturated heterocycles. The van der Waals surface area contributed by atoms with Crippen LogP contribution in [0.2, 0.25) is 0 Å². The van der Waals surface area contributed by atoms with Crippen LogP contribution >= 0.6 is 0 Å². The molecular formula is C15H16N4O. The molecule has 5 heteroatoms. The van der Waals surface area contributed by atoms with Crippen LogP contribution in [-0.4, -0.2) is 28.3 Å². The van der Waals surface area contributed by atoms with Crippen LogP contribution in [0.15, 0.2) is 42.7 Å². The minimum Gasteiger partial charge on any atom is -0.496 e. The maximum atomic E-state index is 5.73. The first-order valence-corrected chi connectivity index (χ1v) is 6.51. The molecule has 20 heavy (non-hydrogen) atoms. The molecule has 0 amide bonds. The second-order valence-corrected chi connectivity index (χ2v) is 4.45. The minimum atomic E-state index is 0.556. The Morgan fingerprint density at radius 1 is 1.25 bits per heavy atom. The van der Waals surface area contributed by atoms with Gasteiger partial charge in [-0.25, -0.2) is 9.50 Å². The molecule has 0 spiro atoms. The number of benzene rings is 1. The molecule has 0 fully saturated rings. The number of ether oxygens (including phenoxy) is 1. The van der Waals surface area contributed by atoms with E-state index in [4.69, 9.17) is 10.5 Å². The third kappa shape index (κ3) is 2.02. The summed E-state index contributed by atoms with van der Waals surface area (Å²) in [5.74, 6) is 0.800. The normalized spacial score (nSPS) is 10.9. The van der Waals surface area contributed by atoms with Crippen molar-refractivity contribution >= 4 is 5.65 Å². The Morgan fingerprint density at radius 3 is 2.90 bits per heavy atom. The summed E-state index contributed by atoms with van der Waals surface area (Å²) in [5, 5.41) is 4.63. The van der Waals surface area contributed by atoms with Crippen LogP contribution in [0, 0.1) is 0 Å². The smallest absolute Gasteiger partial charge is 0.158 e. The average Bonchev–Trinajstić information content (AvgIpc) is 2.86. The van der Waals surface area contributed by atoms with E-state index in [-0.39, 0.29) is 0 Å². The number of hydrogen-bond acceptors (Lipinski definition) is 4. The summed E-state index contributed by atoms with van der Waals surface area (Å²) in [6.07, 6.45) is 4.39. The Kier molecular flexibility index (Phi) is 3.35. The highest BCUT2D eigenvalue weighted by atomic mass is 16.5. The molecule has 0 aliphatic heterocycles. The molecule has 0 bridgehead atoms. The van der Waals surface area contributed by atoms with Gasteiger partial charge in [-0.3, -0.25) is 0 Å². The number of para-hydroxylation sites is 1. The highest BCUT2D eigenvalue weighted by molar-refractivity contribution is 5.75. The average molecular weight is 268 g/mol. The monoisotopic (exact) mass is 268 g/mol. The molecular weight excluding hydrogens is 252 g/mol.